The molecule has 11 heteroatoms. The Balaban J connectivity index is 1.57. The van der Waals surface area contributed by atoms with Gasteiger partial charge in [-0.3, -0.25) is 14.6 Å². The second kappa shape index (κ2) is 20.6. The maximum atomic E-state index is 13.5. The molecule has 0 aliphatic heterocycles. The smallest absolute Gasteiger partial charge is 0.243 e. The van der Waals surface area contributed by atoms with Crippen molar-refractivity contribution in [2.24, 2.45) is 23.5 Å². The summed E-state index contributed by atoms with van der Waals surface area (Å²) >= 11 is 0. The molecule has 49 heavy (non-hydrogen) atoms. The van der Waals surface area contributed by atoms with Gasteiger partial charge in [0.05, 0.1) is 37.7 Å². The number of nitrogens with zero attached hydrogens (tertiary/aromatic N) is 1. The highest BCUT2D eigenvalue weighted by molar-refractivity contribution is 5.88. The van der Waals surface area contributed by atoms with Crippen LogP contribution in [0.5, 0.6) is 5.75 Å². The Hall–Kier alpha value is -3.90. The SMILES string of the molecule is CCC(C)C(NC(=O)C(CC(O)C(N)COCc1ccc(-c2ccccn2)c(OCCCOC)c1)C(C)C)C(=O)NCc1ccc(F)cc1. The zero-order valence-corrected chi connectivity index (χ0v) is 29.4. The standard InChI is InChI=1S/C38H53FN4O6/c1-6-26(4)36(38(46)42-22-27-11-14-29(39)15-12-27)43-37(45)31(25(2)3)21-34(44)32(40)24-48-23-28-13-16-30(33-10-7-8-17-41-33)35(20-28)49-19-9-18-47-5/h7-8,10-17,20,25-26,31-32,34,36,44H,6,9,18-19,21-24,40H2,1-5H3,(H,42,46)(H,43,45). The van der Waals surface area contributed by atoms with Crippen LogP contribution in [-0.2, 0) is 32.2 Å². The lowest BCUT2D eigenvalue weighted by molar-refractivity contribution is -0.134. The van der Waals surface area contributed by atoms with E-state index in [9.17, 15) is 19.1 Å². The van der Waals surface area contributed by atoms with Crippen molar-refractivity contribution in [3.8, 4) is 17.0 Å². The van der Waals surface area contributed by atoms with E-state index in [-0.39, 0.29) is 55.6 Å². The van der Waals surface area contributed by atoms with Crippen LogP contribution in [0.4, 0.5) is 4.39 Å². The van der Waals surface area contributed by atoms with Gasteiger partial charge in [-0.15, -0.1) is 0 Å². The molecule has 0 saturated carbocycles. The lowest BCUT2D eigenvalue weighted by atomic mass is 9.86. The van der Waals surface area contributed by atoms with Crippen LogP contribution in [0.2, 0.25) is 0 Å². The average molecular weight is 681 g/mol. The van der Waals surface area contributed by atoms with E-state index in [1.807, 2.05) is 64.1 Å². The molecule has 5 N–H and O–H groups in total. The molecule has 5 atom stereocenters. The molecule has 5 unspecified atom stereocenters. The number of methoxy groups -OCH3 is 1. The third-order valence-electron chi connectivity index (χ3n) is 8.62. The molecule has 0 saturated heterocycles. The van der Waals surface area contributed by atoms with Crippen molar-refractivity contribution >= 4 is 11.8 Å². The van der Waals surface area contributed by atoms with Gasteiger partial charge in [0.2, 0.25) is 11.8 Å². The van der Waals surface area contributed by atoms with Gasteiger partial charge in [-0.25, -0.2) is 4.39 Å². The van der Waals surface area contributed by atoms with Crippen LogP contribution in [0.1, 0.15) is 58.1 Å². The summed E-state index contributed by atoms with van der Waals surface area (Å²) in [5, 5.41) is 16.8. The summed E-state index contributed by atoms with van der Waals surface area (Å²) in [6.45, 7) is 9.25. The summed E-state index contributed by atoms with van der Waals surface area (Å²) in [7, 11) is 1.65. The number of carbonyl (C=O) groups excluding carboxylic acids is 2. The van der Waals surface area contributed by atoms with Crippen molar-refractivity contribution in [3.05, 3.63) is 83.8 Å². The molecule has 0 fully saturated rings. The Morgan fingerprint density at radius 3 is 2.39 bits per heavy atom. The van der Waals surface area contributed by atoms with E-state index < -0.39 is 24.1 Å². The molecule has 0 aliphatic rings. The predicted molar refractivity (Wildman–Crippen MR) is 188 cm³/mol. The number of carbonyl (C=O) groups is 2. The van der Waals surface area contributed by atoms with E-state index in [4.69, 9.17) is 19.9 Å². The number of aromatic nitrogens is 1. The first-order valence-electron chi connectivity index (χ1n) is 17.0. The van der Waals surface area contributed by atoms with Gasteiger partial charge in [0.1, 0.15) is 17.6 Å². The Bertz CT molecular complexity index is 1430. The number of pyridine rings is 1. The first-order valence-corrected chi connectivity index (χ1v) is 17.0. The van der Waals surface area contributed by atoms with Crippen LogP contribution in [0.15, 0.2) is 66.9 Å². The number of amides is 2. The number of nitrogens with one attached hydrogen (secondary N) is 2. The van der Waals surface area contributed by atoms with Crippen molar-refractivity contribution in [1.29, 1.82) is 0 Å². The molecule has 1 aromatic heterocycles. The topological polar surface area (TPSA) is 145 Å². The van der Waals surface area contributed by atoms with Gasteiger partial charge < -0.3 is 35.7 Å². The normalized spacial score (nSPS) is 14.5. The number of rotatable bonds is 21. The summed E-state index contributed by atoms with van der Waals surface area (Å²) < 4.78 is 30.4. The van der Waals surface area contributed by atoms with E-state index in [0.717, 1.165) is 28.8 Å². The first kappa shape index (κ1) is 39.5. The van der Waals surface area contributed by atoms with Crippen LogP contribution in [0.25, 0.3) is 11.3 Å². The van der Waals surface area contributed by atoms with Crippen molar-refractivity contribution in [3.63, 3.8) is 0 Å². The number of ether oxygens (including phenoxy) is 3. The molecule has 0 aliphatic carbocycles. The third-order valence-corrected chi connectivity index (χ3v) is 8.62. The molecule has 2 aromatic carbocycles. The van der Waals surface area contributed by atoms with Gasteiger partial charge in [0.25, 0.3) is 0 Å². The predicted octanol–water partition coefficient (Wildman–Crippen LogP) is 5.02. The number of nitrogens with two attached hydrogens (primary N) is 1. The van der Waals surface area contributed by atoms with Gasteiger partial charge in [-0.2, -0.15) is 0 Å². The summed E-state index contributed by atoms with van der Waals surface area (Å²) in [5.41, 5.74) is 9.62. The van der Waals surface area contributed by atoms with Crippen LogP contribution < -0.4 is 21.1 Å². The van der Waals surface area contributed by atoms with Gasteiger partial charge in [-0.05, 0) is 65.8 Å². The number of aliphatic hydroxyl groups is 1. The number of halogens is 1. The summed E-state index contributed by atoms with van der Waals surface area (Å²) in [6.07, 6.45) is 2.24. The van der Waals surface area contributed by atoms with Crippen LogP contribution in [0.3, 0.4) is 0 Å². The van der Waals surface area contributed by atoms with Crippen LogP contribution in [-0.4, -0.2) is 67.0 Å². The highest BCUT2D eigenvalue weighted by atomic mass is 19.1. The zero-order chi connectivity index (χ0) is 35.8. The van der Waals surface area contributed by atoms with Gasteiger partial charge in [0, 0.05) is 44.4 Å². The summed E-state index contributed by atoms with van der Waals surface area (Å²) in [5.74, 6) is -1.16. The molecule has 2 amide bonds. The van der Waals surface area contributed by atoms with Gasteiger partial charge in [-0.1, -0.05) is 58.4 Å². The molecule has 0 radical (unpaired) electrons. The van der Waals surface area contributed by atoms with Crippen molar-refractivity contribution in [2.45, 2.75) is 78.3 Å². The summed E-state index contributed by atoms with van der Waals surface area (Å²) in [4.78, 5) is 31.1. The minimum atomic E-state index is -1.02. The fourth-order valence-electron chi connectivity index (χ4n) is 5.30. The Morgan fingerprint density at radius 2 is 1.73 bits per heavy atom. The third kappa shape index (κ3) is 12.8. The molecular weight excluding hydrogens is 627 g/mol. The Kier molecular flexibility index (Phi) is 16.6. The van der Waals surface area contributed by atoms with E-state index >= 15 is 0 Å². The number of hydrogen-bond donors (Lipinski definition) is 4. The monoisotopic (exact) mass is 680 g/mol. The molecule has 0 spiro atoms. The molecule has 1 heterocycles. The largest absolute Gasteiger partial charge is 0.493 e. The molecule has 10 nitrogen and oxygen atoms in total. The minimum absolute atomic E-state index is 0.0703. The Labute approximate surface area is 289 Å². The first-order chi connectivity index (χ1) is 23.5. The fraction of sp³-hybridized carbons (Fsp3) is 0.500. The van der Waals surface area contributed by atoms with E-state index in [1.54, 1.807) is 25.4 Å². The highest BCUT2D eigenvalue weighted by Crippen LogP contribution is 2.30. The number of hydrogen-bond acceptors (Lipinski definition) is 8. The molecule has 3 aromatic rings. The second-order valence-electron chi connectivity index (χ2n) is 12.8. The second-order valence-corrected chi connectivity index (χ2v) is 12.8. The molecular formula is C38H53FN4O6. The molecule has 3 rings (SSSR count). The van der Waals surface area contributed by atoms with E-state index in [1.165, 1.54) is 12.1 Å². The van der Waals surface area contributed by atoms with Crippen molar-refractivity contribution < 1.29 is 33.3 Å². The van der Waals surface area contributed by atoms with Crippen LogP contribution >= 0.6 is 0 Å². The van der Waals surface area contributed by atoms with Crippen LogP contribution in [0, 0.1) is 23.6 Å². The quantitative estimate of drug-likeness (QED) is 0.115. The molecule has 0 bridgehead atoms. The lowest BCUT2D eigenvalue weighted by Gasteiger charge is -2.29. The van der Waals surface area contributed by atoms with E-state index in [2.05, 4.69) is 15.6 Å². The zero-order valence-electron chi connectivity index (χ0n) is 29.4. The minimum Gasteiger partial charge on any atom is -0.493 e. The van der Waals surface area contributed by atoms with Crippen molar-refractivity contribution in [2.75, 3.05) is 26.9 Å². The number of benzene rings is 2. The molecule has 268 valence electrons. The number of aliphatic hydroxyl groups excluding tert-OH is 1. The van der Waals surface area contributed by atoms with Gasteiger partial charge in [0.15, 0.2) is 0 Å². The summed E-state index contributed by atoms with van der Waals surface area (Å²) in [6, 6.07) is 15.9. The van der Waals surface area contributed by atoms with E-state index in [0.29, 0.717) is 25.4 Å². The maximum absolute atomic E-state index is 13.5. The lowest BCUT2D eigenvalue weighted by Crippen LogP contribution is -2.52. The fourth-order valence-corrected chi connectivity index (χ4v) is 5.30. The highest BCUT2D eigenvalue weighted by Gasteiger charge is 2.32. The maximum Gasteiger partial charge on any atom is 0.243 e. The average Bonchev–Trinajstić information content (AvgIpc) is 3.10. The van der Waals surface area contributed by atoms with Crippen molar-refractivity contribution in [1.82, 2.24) is 15.6 Å². The van der Waals surface area contributed by atoms with Gasteiger partial charge >= 0.3 is 0 Å². The Morgan fingerprint density at radius 1 is 1.00 bits per heavy atom.